The largest absolute Gasteiger partial charge is 0.376 e. The van der Waals surface area contributed by atoms with Gasteiger partial charge in [-0.3, -0.25) is 4.79 Å². The Labute approximate surface area is 132 Å². The van der Waals surface area contributed by atoms with Crippen molar-refractivity contribution in [3.8, 4) is 0 Å². The fourth-order valence-corrected chi connectivity index (χ4v) is 2.38. The molecule has 2 aromatic rings. The molecule has 4 heteroatoms. The summed E-state index contributed by atoms with van der Waals surface area (Å²) >= 11 is 2.21. The smallest absolute Gasteiger partial charge is 0.243 e. The van der Waals surface area contributed by atoms with Crippen LogP contribution in [0.1, 0.15) is 11.1 Å². The molecule has 2 aromatic carbocycles. The lowest BCUT2D eigenvalue weighted by Crippen LogP contribution is -2.22. The molecule has 0 aliphatic rings. The Kier molecular flexibility index (Phi) is 5.00. The number of nitrogens with one attached hydrogen (secondary N) is 2. The lowest BCUT2D eigenvalue weighted by atomic mass is 10.1. The van der Waals surface area contributed by atoms with Gasteiger partial charge in [0.25, 0.3) is 0 Å². The molecule has 20 heavy (non-hydrogen) atoms. The van der Waals surface area contributed by atoms with E-state index in [1.54, 1.807) is 0 Å². The van der Waals surface area contributed by atoms with Gasteiger partial charge < -0.3 is 10.6 Å². The summed E-state index contributed by atoms with van der Waals surface area (Å²) in [5.74, 6) is -0.0463. The predicted molar refractivity (Wildman–Crippen MR) is 92.2 cm³/mol. The number of hydrogen-bond donors (Lipinski definition) is 2. The van der Waals surface area contributed by atoms with Crippen LogP contribution in [0.15, 0.2) is 42.5 Å². The van der Waals surface area contributed by atoms with Gasteiger partial charge in [-0.1, -0.05) is 24.3 Å². The van der Waals surface area contributed by atoms with Crippen molar-refractivity contribution in [1.29, 1.82) is 0 Å². The number of hydrogen-bond acceptors (Lipinski definition) is 2. The van der Waals surface area contributed by atoms with Crippen molar-refractivity contribution in [1.82, 2.24) is 0 Å². The molecule has 0 heterocycles. The minimum atomic E-state index is -0.0463. The van der Waals surface area contributed by atoms with E-state index in [0.29, 0.717) is 0 Å². The van der Waals surface area contributed by atoms with E-state index in [0.717, 1.165) is 20.5 Å². The highest BCUT2D eigenvalue weighted by Crippen LogP contribution is 2.18. The molecule has 0 saturated carbocycles. The molecule has 0 atom stereocenters. The van der Waals surface area contributed by atoms with E-state index in [-0.39, 0.29) is 12.5 Å². The van der Waals surface area contributed by atoms with Gasteiger partial charge in [0.2, 0.25) is 5.91 Å². The second-order valence-electron chi connectivity index (χ2n) is 4.70. The fraction of sp³-hybridized carbons (Fsp3) is 0.188. The molecule has 0 aliphatic carbocycles. The van der Waals surface area contributed by atoms with Gasteiger partial charge >= 0.3 is 0 Å². The normalized spacial score (nSPS) is 10.2. The third-order valence-corrected chi connectivity index (χ3v) is 3.92. The molecule has 0 bridgehead atoms. The average molecular weight is 380 g/mol. The number of carbonyl (C=O) groups is 1. The molecule has 1 amide bonds. The number of anilines is 2. The van der Waals surface area contributed by atoms with Gasteiger partial charge in [0, 0.05) is 9.26 Å². The van der Waals surface area contributed by atoms with E-state index >= 15 is 0 Å². The number of carbonyl (C=O) groups excluding carboxylic acids is 1. The van der Waals surface area contributed by atoms with Crippen LogP contribution in [-0.4, -0.2) is 12.5 Å². The first-order valence-electron chi connectivity index (χ1n) is 6.42. The number of halogens is 1. The van der Waals surface area contributed by atoms with Crippen molar-refractivity contribution in [2.45, 2.75) is 13.8 Å². The molecule has 0 radical (unpaired) electrons. The van der Waals surface area contributed by atoms with E-state index in [1.807, 2.05) is 38.1 Å². The van der Waals surface area contributed by atoms with E-state index in [1.165, 1.54) is 5.56 Å². The molecule has 2 rings (SSSR count). The zero-order chi connectivity index (χ0) is 14.5. The molecule has 2 N–H and O–H groups in total. The summed E-state index contributed by atoms with van der Waals surface area (Å²) in [5.41, 5.74) is 4.16. The highest BCUT2D eigenvalue weighted by Gasteiger charge is 2.05. The van der Waals surface area contributed by atoms with Gasteiger partial charge in [0.15, 0.2) is 0 Å². The van der Waals surface area contributed by atoms with Crippen LogP contribution in [0.25, 0.3) is 0 Å². The minimum Gasteiger partial charge on any atom is -0.376 e. The van der Waals surface area contributed by atoms with Crippen molar-refractivity contribution in [3.05, 3.63) is 57.2 Å². The van der Waals surface area contributed by atoms with Crippen LogP contribution < -0.4 is 10.6 Å². The summed E-state index contributed by atoms with van der Waals surface area (Å²) in [7, 11) is 0. The van der Waals surface area contributed by atoms with Crippen LogP contribution in [0.5, 0.6) is 0 Å². The second kappa shape index (κ2) is 6.74. The van der Waals surface area contributed by atoms with Crippen LogP contribution >= 0.6 is 22.6 Å². The number of rotatable bonds is 4. The SMILES string of the molecule is Cc1ccc(C)c(NCC(=O)Nc2ccccc2I)c1. The second-order valence-corrected chi connectivity index (χ2v) is 5.86. The quantitative estimate of drug-likeness (QED) is 0.789. The third kappa shape index (κ3) is 3.96. The predicted octanol–water partition coefficient (Wildman–Crippen LogP) is 3.96. The molecule has 0 spiro atoms. The Bertz CT molecular complexity index is 626. The van der Waals surface area contributed by atoms with Crippen molar-refractivity contribution < 1.29 is 4.79 Å². The Balaban J connectivity index is 1.96. The number of benzene rings is 2. The molecular formula is C16H17IN2O. The van der Waals surface area contributed by atoms with Crippen LogP contribution in [0, 0.1) is 17.4 Å². The van der Waals surface area contributed by atoms with Gasteiger partial charge in [-0.2, -0.15) is 0 Å². The summed E-state index contributed by atoms with van der Waals surface area (Å²) in [6, 6.07) is 13.9. The maximum absolute atomic E-state index is 12.0. The van der Waals surface area contributed by atoms with Gasteiger partial charge in [-0.05, 0) is 65.8 Å². The summed E-state index contributed by atoms with van der Waals surface area (Å²) in [6.45, 7) is 4.33. The summed E-state index contributed by atoms with van der Waals surface area (Å²) in [5, 5.41) is 6.08. The van der Waals surface area contributed by atoms with Gasteiger partial charge in [0.1, 0.15) is 0 Å². The van der Waals surface area contributed by atoms with Crippen molar-refractivity contribution in [3.63, 3.8) is 0 Å². The van der Waals surface area contributed by atoms with Gasteiger partial charge in [-0.25, -0.2) is 0 Å². The monoisotopic (exact) mass is 380 g/mol. The van der Waals surface area contributed by atoms with Crippen LogP contribution in [0.2, 0.25) is 0 Å². The van der Waals surface area contributed by atoms with Crippen LogP contribution in [0.3, 0.4) is 0 Å². The minimum absolute atomic E-state index is 0.0463. The molecule has 0 fully saturated rings. The molecule has 0 aromatic heterocycles. The topological polar surface area (TPSA) is 41.1 Å². The molecule has 104 valence electrons. The van der Waals surface area contributed by atoms with Crippen LogP contribution in [-0.2, 0) is 4.79 Å². The maximum atomic E-state index is 12.0. The zero-order valence-corrected chi connectivity index (χ0v) is 13.7. The average Bonchev–Trinajstić information content (AvgIpc) is 2.42. The summed E-state index contributed by atoms with van der Waals surface area (Å²) in [4.78, 5) is 12.0. The first-order chi connectivity index (χ1) is 9.56. The zero-order valence-electron chi connectivity index (χ0n) is 11.5. The Morgan fingerprint density at radius 1 is 1.10 bits per heavy atom. The lowest BCUT2D eigenvalue weighted by Gasteiger charge is -2.11. The molecule has 0 saturated heterocycles. The lowest BCUT2D eigenvalue weighted by molar-refractivity contribution is -0.114. The van der Waals surface area contributed by atoms with E-state index in [2.05, 4.69) is 51.4 Å². The van der Waals surface area contributed by atoms with Gasteiger partial charge in [0.05, 0.1) is 12.2 Å². The first-order valence-corrected chi connectivity index (χ1v) is 7.49. The van der Waals surface area contributed by atoms with Gasteiger partial charge in [-0.15, -0.1) is 0 Å². The molecule has 0 aliphatic heterocycles. The summed E-state index contributed by atoms with van der Waals surface area (Å²) < 4.78 is 1.03. The fourth-order valence-electron chi connectivity index (χ4n) is 1.86. The van der Waals surface area contributed by atoms with Crippen molar-refractivity contribution >= 4 is 39.9 Å². The first kappa shape index (κ1) is 14.8. The van der Waals surface area contributed by atoms with Crippen LogP contribution in [0.4, 0.5) is 11.4 Å². The maximum Gasteiger partial charge on any atom is 0.243 e. The molecular weight excluding hydrogens is 363 g/mol. The van der Waals surface area contributed by atoms with E-state index < -0.39 is 0 Å². The highest BCUT2D eigenvalue weighted by molar-refractivity contribution is 14.1. The Morgan fingerprint density at radius 3 is 2.60 bits per heavy atom. The highest BCUT2D eigenvalue weighted by atomic mass is 127. The molecule has 0 unspecified atom stereocenters. The Morgan fingerprint density at radius 2 is 1.85 bits per heavy atom. The van der Waals surface area contributed by atoms with E-state index in [9.17, 15) is 4.79 Å². The third-order valence-electron chi connectivity index (χ3n) is 2.98. The van der Waals surface area contributed by atoms with E-state index in [4.69, 9.17) is 0 Å². The standard InChI is InChI=1S/C16H17IN2O/c1-11-7-8-12(2)15(9-11)18-10-16(20)19-14-6-4-3-5-13(14)17/h3-9,18H,10H2,1-2H3,(H,19,20). The summed E-state index contributed by atoms with van der Waals surface area (Å²) in [6.07, 6.45) is 0. The molecule has 3 nitrogen and oxygen atoms in total. The van der Waals surface area contributed by atoms with Crippen molar-refractivity contribution in [2.24, 2.45) is 0 Å². The number of para-hydroxylation sites is 1. The number of aryl methyl sites for hydroxylation is 2. The van der Waals surface area contributed by atoms with Crippen molar-refractivity contribution in [2.75, 3.05) is 17.2 Å². The number of amides is 1. The Hall–Kier alpha value is -1.56.